The molecule has 4 nitrogen and oxygen atoms in total. The molecule has 1 saturated heterocycles. The van der Waals surface area contributed by atoms with Crippen LogP contribution in [-0.2, 0) is 9.53 Å². The van der Waals surface area contributed by atoms with Gasteiger partial charge in [-0.2, -0.15) is 0 Å². The van der Waals surface area contributed by atoms with Gasteiger partial charge in [0.15, 0.2) is 5.78 Å². The monoisotopic (exact) mass is 357 g/mol. The number of amides is 1. The number of allylic oxidation sites excluding steroid dienone is 2. The number of likely N-dealkylation sites (tertiary alicyclic amines) is 1. The van der Waals surface area contributed by atoms with Crippen molar-refractivity contribution in [1.82, 2.24) is 4.90 Å². The van der Waals surface area contributed by atoms with Crippen molar-refractivity contribution in [3.8, 4) is 0 Å². The Morgan fingerprint density at radius 1 is 1.23 bits per heavy atom. The molecule has 2 aliphatic rings. The Bertz CT molecular complexity index is 738. The quantitative estimate of drug-likeness (QED) is 0.828. The van der Waals surface area contributed by atoms with Gasteiger partial charge in [0.25, 0.3) is 5.91 Å². The first-order chi connectivity index (χ1) is 12.5. The topological polar surface area (TPSA) is 46.6 Å². The minimum atomic E-state index is -0.369. The van der Waals surface area contributed by atoms with E-state index in [1.165, 1.54) is 24.3 Å². The number of Topliss-reactive ketones (excluding diaryl/α,β-unsaturated/α-hetero) is 1. The number of hydrogen-bond acceptors (Lipinski definition) is 3. The van der Waals surface area contributed by atoms with Crippen molar-refractivity contribution in [3.05, 3.63) is 59.4 Å². The second-order valence-corrected chi connectivity index (χ2v) is 6.89. The van der Waals surface area contributed by atoms with Crippen LogP contribution in [0.15, 0.2) is 48.1 Å². The highest BCUT2D eigenvalue weighted by Crippen LogP contribution is 2.29. The fourth-order valence-corrected chi connectivity index (χ4v) is 3.71. The summed E-state index contributed by atoms with van der Waals surface area (Å²) in [5.41, 5.74) is 1.15. The third kappa shape index (κ3) is 3.78. The molecule has 3 unspecified atom stereocenters. The molecule has 1 fully saturated rings. The summed E-state index contributed by atoms with van der Waals surface area (Å²) in [5.74, 6) is -0.655. The van der Waals surface area contributed by atoms with Crippen LogP contribution in [0.1, 0.15) is 36.5 Å². The first-order valence-electron chi connectivity index (χ1n) is 9.03. The Balaban J connectivity index is 1.73. The highest BCUT2D eigenvalue weighted by Gasteiger charge is 2.36. The largest absolute Gasteiger partial charge is 0.377 e. The highest BCUT2D eigenvalue weighted by molar-refractivity contribution is 6.01. The lowest BCUT2D eigenvalue weighted by molar-refractivity contribution is -0.121. The van der Waals surface area contributed by atoms with E-state index in [0.29, 0.717) is 24.1 Å². The minimum absolute atomic E-state index is 0.0203. The van der Waals surface area contributed by atoms with Crippen LogP contribution in [0.4, 0.5) is 4.39 Å². The van der Waals surface area contributed by atoms with E-state index >= 15 is 0 Å². The molecule has 138 valence electrons. The van der Waals surface area contributed by atoms with Crippen LogP contribution in [0, 0.1) is 11.7 Å². The molecular weight excluding hydrogens is 333 g/mol. The summed E-state index contributed by atoms with van der Waals surface area (Å²) in [7, 11) is 1.65. The summed E-state index contributed by atoms with van der Waals surface area (Å²) in [6, 6.07) is 5.37. The fourth-order valence-electron chi connectivity index (χ4n) is 3.71. The molecule has 1 aromatic rings. The molecule has 0 aromatic heterocycles. The first kappa shape index (κ1) is 18.5. The van der Waals surface area contributed by atoms with Crippen LogP contribution in [0.2, 0.25) is 0 Å². The van der Waals surface area contributed by atoms with Crippen molar-refractivity contribution in [2.24, 2.45) is 5.92 Å². The number of rotatable bonds is 4. The smallest absolute Gasteiger partial charge is 0.254 e. The summed E-state index contributed by atoms with van der Waals surface area (Å²) in [6.45, 7) is 2.54. The van der Waals surface area contributed by atoms with Gasteiger partial charge in [0, 0.05) is 36.8 Å². The minimum Gasteiger partial charge on any atom is -0.377 e. The van der Waals surface area contributed by atoms with Crippen molar-refractivity contribution >= 4 is 11.7 Å². The zero-order chi connectivity index (χ0) is 18.7. The molecule has 1 heterocycles. The molecule has 0 bridgehead atoms. The highest BCUT2D eigenvalue weighted by atomic mass is 19.1. The lowest BCUT2D eigenvalue weighted by atomic mass is 9.82. The van der Waals surface area contributed by atoms with Crippen LogP contribution >= 0.6 is 0 Å². The summed E-state index contributed by atoms with van der Waals surface area (Å²) in [4.78, 5) is 27.5. The molecule has 0 saturated carbocycles. The molecular formula is C21H24FNO3. The van der Waals surface area contributed by atoms with Gasteiger partial charge in [0.05, 0.1) is 6.10 Å². The number of ketones is 1. The molecule has 3 rings (SSSR count). The number of carbonyl (C=O) groups is 2. The predicted octanol–water partition coefficient (Wildman–Crippen LogP) is 3.54. The molecule has 0 N–H and O–H groups in total. The van der Waals surface area contributed by atoms with Crippen molar-refractivity contribution in [2.45, 2.75) is 38.3 Å². The predicted molar refractivity (Wildman–Crippen MR) is 97.3 cm³/mol. The van der Waals surface area contributed by atoms with Crippen molar-refractivity contribution in [2.75, 3.05) is 13.7 Å². The van der Waals surface area contributed by atoms with Gasteiger partial charge in [-0.15, -0.1) is 0 Å². The molecule has 0 spiro atoms. The zero-order valence-corrected chi connectivity index (χ0v) is 15.2. The van der Waals surface area contributed by atoms with Gasteiger partial charge in [-0.25, -0.2) is 4.39 Å². The Kier molecular flexibility index (Phi) is 5.67. The number of carbonyl (C=O) groups excluding carboxylic acids is 2. The van der Waals surface area contributed by atoms with Crippen LogP contribution < -0.4 is 0 Å². The second-order valence-electron chi connectivity index (χ2n) is 6.89. The van der Waals surface area contributed by atoms with Gasteiger partial charge in [-0.05, 0) is 50.5 Å². The van der Waals surface area contributed by atoms with Crippen molar-refractivity contribution in [1.29, 1.82) is 0 Å². The maximum absolute atomic E-state index is 13.1. The summed E-state index contributed by atoms with van der Waals surface area (Å²) < 4.78 is 18.4. The third-order valence-electron chi connectivity index (χ3n) is 5.32. The SMILES string of the molecule is COC1C=CC(C(=O)C2CCCN(C(=O)c3ccc(F)cc3)C2C)=CC1. The van der Waals surface area contributed by atoms with E-state index in [1.54, 1.807) is 12.0 Å². The molecule has 3 atom stereocenters. The fraction of sp³-hybridized carbons (Fsp3) is 0.429. The molecule has 1 amide bonds. The van der Waals surface area contributed by atoms with Gasteiger partial charge in [-0.1, -0.05) is 18.2 Å². The van der Waals surface area contributed by atoms with Crippen LogP contribution in [0.3, 0.4) is 0 Å². The first-order valence-corrected chi connectivity index (χ1v) is 9.03. The molecule has 1 aliphatic carbocycles. The number of piperidine rings is 1. The number of halogens is 1. The van der Waals surface area contributed by atoms with E-state index in [0.717, 1.165) is 12.8 Å². The molecule has 1 aliphatic heterocycles. The van der Waals surface area contributed by atoms with Gasteiger partial charge in [0.2, 0.25) is 0 Å². The normalized spacial score (nSPS) is 25.7. The van der Waals surface area contributed by atoms with Crippen LogP contribution in [-0.4, -0.2) is 42.4 Å². The lowest BCUT2D eigenvalue weighted by Gasteiger charge is -2.39. The standard InChI is InChI=1S/C21H24FNO3/c1-14-19(20(24)15-7-11-18(26-2)12-8-15)4-3-13-23(14)21(25)16-5-9-17(22)10-6-16/h5-11,14,18-19H,3-4,12-13H2,1-2H3. The van der Waals surface area contributed by atoms with Crippen molar-refractivity contribution < 1.29 is 18.7 Å². The van der Waals surface area contributed by atoms with E-state index in [2.05, 4.69) is 0 Å². The Hall–Kier alpha value is -2.27. The third-order valence-corrected chi connectivity index (χ3v) is 5.32. The number of nitrogens with zero attached hydrogens (tertiary/aromatic N) is 1. The summed E-state index contributed by atoms with van der Waals surface area (Å²) in [6.07, 6.45) is 7.91. The second kappa shape index (κ2) is 7.96. The number of methoxy groups -OCH3 is 1. The zero-order valence-electron chi connectivity index (χ0n) is 15.2. The summed E-state index contributed by atoms with van der Waals surface area (Å²) >= 11 is 0. The molecule has 5 heteroatoms. The van der Waals surface area contributed by atoms with E-state index < -0.39 is 0 Å². The van der Waals surface area contributed by atoms with Gasteiger partial charge < -0.3 is 9.64 Å². The molecule has 1 aromatic carbocycles. The molecule has 0 radical (unpaired) electrons. The summed E-state index contributed by atoms with van der Waals surface area (Å²) in [5, 5.41) is 0. The number of hydrogen-bond donors (Lipinski definition) is 0. The van der Waals surface area contributed by atoms with E-state index in [-0.39, 0.29) is 35.6 Å². The molecule has 26 heavy (non-hydrogen) atoms. The van der Waals surface area contributed by atoms with Gasteiger partial charge >= 0.3 is 0 Å². The number of ether oxygens (including phenoxy) is 1. The lowest BCUT2D eigenvalue weighted by Crippen LogP contribution is -2.49. The Labute approximate surface area is 153 Å². The van der Waals surface area contributed by atoms with Gasteiger partial charge in [0.1, 0.15) is 5.82 Å². The Morgan fingerprint density at radius 3 is 2.58 bits per heavy atom. The number of benzene rings is 1. The van der Waals surface area contributed by atoms with Crippen molar-refractivity contribution in [3.63, 3.8) is 0 Å². The Morgan fingerprint density at radius 2 is 1.96 bits per heavy atom. The maximum Gasteiger partial charge on any atom is 0.254 e. The van der Waals surface area contributed by atoms with E-state index in [9.17, 15) is 14.0 Å². The van der Waals surface area contributed by atoms with E-state index in [1.807, 2.05) is 25.2 Å². The van der Waals surface area contributed by atoms with Crippen LogP contribution in [0.5, 0.6) is 0 Å². The van der Waals surface area contributed by atoms with E-state index in [4.69, 9.17) is 4.74 Å². The average Bonchev–Trinajstić information content (AvgIpc) is 2.68. The van der Waals surface area contributed by atoms with Gasteiger partial charge in [-0.3, -0.25) is 9.59 Å². The maximum atomic E-state index is 13.1. The van der Waals surface area contributed by atoms with Crippen LogP contribution in [0.25, 0.3) is 0 Å². The average molecular weight is 357 g/mol.